The van der Waals surface area contributed by atoms with E-state index in [2.05, 4.69) is 4.90 Å². The molecule has 2 aromatic carbocycles. The van der Waals surface area contributed by atoms with E-state index < -0.39 is 20.7 Å². The molecule has 0 bridgehead atoms. The zero-order valence-corrected chi connectivity index (χ0v) is 18.9. The molecule has 0 radical (unpaired) electrons. The average Bonchev–Trinajstić information content (AvgIpc) is 2.78. The molecule has 0 N–H and O–H groups in total. The first-order valence-corrected chi connectivity index (χ1v) is 11.1. The Morgan fingerprint density at radius 1 is 0.839 bits per heavy atom. The maximum atomic E-state index is 14.5. The lowest BCUT2D eigenvalue weighted by Gasteiger charge is -2.34. The van der Waals surface area contributed by atoms with Crippen LogP contribution in [0.5, 0.6) is 23.0 Å². The molecule has 0 aromatic heterocycles. The second kappa shape index (κ2) is 9.71. The summed E-state index contributed by atoms with van der Waals surface area (Å²) < 4.78 is 62.8. The minimum absolute atomic E-state index is 0.135. The van der Waals surface area contributed by atoms with Gasteiger partial charge in [0, 0.05) is 50.4 Å². The second-order valence-corrected chi connectivity index (χ2v) is 8.90. The van der Waals surface area contributed by atoms with Gasteiger partial charge in [-0.1, -0.05) is 0 Å². The fourth-order valence-electron chi connectivity index (χ4n) is 3.55. The van der Waals surface area contributed by atoms with E-state index >= 15 is 0 Å². The molecule has 8 nitrogen and oxygen atoms in total. The van der Waals surface area contributed by atoms with Gasteiger partial charge in [-0.3, -0.25) is 4.90 Å². The maximum absolute atomic E-state index is 14.5. The Morgan fingerprint density at radius 3 is 2.03 bits per heavy atom. The van der Waals surface area contributed by atoms with Crippen LogP contribution in [0, 0.1) is 5.82 Å². The largest absolute Gasteiger partial charge is 0.497 e. The molecule has 1 saturated heterocycles. The summed E-state index contributed by atoms with van der Waals surface area (Å²) in [5.74, 6) is 0.882. The van der Waals surface area contributed by atoms with E-state index in [9.17, 15) is 12.8 Å². The van der Waals surface area contributed by atoms with Crippen molar-refractivity contribution in [1.29, 1.82) is 0 Å². The lowest BCUT2D eigenvalue weighted by atomic mass is 10.1. The summed E-state index contributed by atoms with van der Waals surface area (Å²) in [5, 5.41) is 0. The van der Waals surface area contributed by atoms with Crippen LogP contribution in [0.15, 0.2) is 35.2 Å². The number of methoxy groups -OCH3 is 4. The summed E-state index contributed by atoms with van der Waals surface area (Å²) in [5.41, 5.74) is 0.948. The molecule has 1 fully saturated rings. The Kier molecular flexibility index (Phi) is 7.24. The van der Waals surface area contributed by atoms with E-state index in [0.29, 0.717) is 19.6 Å². The van der Waals surface area contributed by atoms with Gasteiger partial charge >= 0.3 is 0 Å². The molecule has 0 aliphatic carbocycles. The Balaban J connectivity index is 1.74. The molecular weight excluding hydrogens is 427 g/mol. The minimum atomic E-state index is -4.02. The average molecular weight is 455 g/mol. The van der Waals surface area contributed by atoms with E-state index in [1.165, 1.54) is 18.5 Å². The van der Waals surface area contributed by atoms with E-state index in [0.717, 1.165) is 29.2 Å². The van der Waals surface area contributed by atoms with Gasteiger partial charge in [-0.15, -0.1) is 0 Å². The van der Waals surface area contributed by atoms with Crippen molar-refractivity contribution in [2.45, 2.75) is 11.4 Å². The van der Waals surface area contributed by atoms with Gasteiger partial charge < -0.3 is 18.9 Å². The fraction of sp³-hybridized carbons (Fsp3) is 0.429. The predicted molar refractivity (Wildman–Crippen MR) is 113 cm³/mol. The summed E-state index contributed by atoms with van der Waals surface area (Å²) in [6.07, 6.45) is 0. The molecule has 0 unspecified atom stereocenters. The molecule has 0 amide bonds. The molecule has 0 atom stereocenters. The van der Waals surface area contributed by atoms with Crippen LogP contribution in [0.1, 0.15) is 5.56 Å². The maximum Gasteiger partial charge on any atom is 0.246 e. The van der Waals surface area contributed by atoms with Crippen molar-refractivity contribution in [3.05, 3.63) is 41.7 Å². The van der Waals surface area contributed by atoms with E-state index in [-0.39, 0.29) is 24.6 Å². The molecule has 0 saturated carbocycles. The van der Waals surface area contributed by atoms with Gasteiger partial charge in [0.2, 0.25) is 10.0 Å². The van der Waals surface area contributed by atoms with Gasteiger partial charge in [0.05, 0.1) is 28.4 Å². The summed E-state index contributed by atoms with van der Waals surface area (Å²) in [4.78, 5) is 1.70. The summed E-state index contributed by atoms with van der Waals surface area (Å²) in [7, 11) is 1.92. The first-order valence-electron chi connectivity index (χ1n) is 9.69. The van der Waals surface area contributed by atoms with E-state index in [4.69, 9.17) is 18.9 Å². The van der Waals surface area contributed by atoms with Gasteiger partial charge in [0.15, 0.2) is 11.5 Å². The Bertz CT molecular complexity index is 1020. The number of halogens is 1. The zero-order valence-electron chi connectivity index (χ0n) is 18.1. The topological polar surface area (TPSA) is 77.5 Å². The number of rotatable bonds is 8. The number of hydrogen-bond donors (Lipinski definition) is 0. The number of sulfonamides is 1. The Labute approximate surface area is 182 Å². The fourth-order valence-corrected chi connectivity index (χ4v) is 5.03. The molecular formula is C21H27FN2O6S. The first kappa shape index (κ1) is 23.1. The van der Waals surface area contributed by atoms with Crippen LogP contribution in [-0.4, -0.2) is 72.2 Å². The van der Waals surface area contributed by atoms with Gasteiger partial charge in [-0.25, -0.2) is 12.8 Å². The molecule has 10 heteroatoms. The molecule has 1 aliphatic rings. The molecule has 31 heavy (non-hydrogen) atoms. The lowest BCUT2D eigenvalue weighted by Crippen LogP contribution is -2.48. The van der Waals surface area contributed by atoms with Gasteiger partial charge in [0.1, 0.15) is 22.2 Å². The van der Waals surface area contributed by atoms with Crippen molar-refractivity contribution in [2.75, 3.05) is 54.6 Å². The van der Waals surface area contributed by atoms with Crippen molar-refractivity contribution < 1.29 is 31.8 Å². The lowest BCUT2D eigenvalue weighted by molar-refractivity contribution is 0.179. The van der Waals surface area contributed by atoms with Crippen molar-refractivity contribution in [1.82, 2.24) is 9.21 Å². The number of benzene rings is 2. The van der Waals surface area contributed by atoms with E-state index in [1.807, 2.05) is 18.2 Å². The van der Waals surface area contributed by atoms with Gasteiger partial charge in [-0.05, 0) is 18.2 Å². The quantitative estimate of drug-likeness (QED) is 0.606. The van der Waals surface area contributed by atoms with Crippen molar-refractivity contribution in [3.8, 4) is 23.0 Å². The predicted octanol–water partition coefficient (Wildman–Crippen LogP) is 2.37. The number of piperazine rings is 1. The molecule has 0 spiro atoms. The van der Waals surface area contributed by atoms with Crippen molar-refractivity contribution in [3.63, 3.8) is 0 Å². The molecule has 2 aromatic rings. The highest BCUT2D eigenvalue weighted by molar-refractivity contribution is 7.89. The molecule has 3 rings (SSSR count). The SMILES string of the molecule is COc1ccc(OC)c(CN2CCN(S(=O)(=O)c3cc(OC)c(OC)cc3F)CC2)c1. The van der Waals surface area contributed by atoms with Crippen LogP contribution < -0.4 is 18.9 Å². The summed E-state index contributed by atoms with van der Waals surface area (Å²) >= 11 is 0. The standard InChI is InChI=1S/C21H27FN2O6S/c1-27-16-5-6-18(28-2)15(11-16)14-23-7-9-24(10-8-23)31(25,26)21-13-20(30-4)19(29-3)12-17(21)22/h5-6,11-13H,7-10,14H2,1-4H3. The second-order valence-electron chi connectivity index (χ2n) is 7.00. The Morgan fingerprint density at radius 2 is 1.45 bits per heavy atom. The van der Waals surface area contributed by atoms with Crippen LogP contribution in [0.3, 0.4) is 0 Å². The third kappa shape index (κ3) is 4.86. The smallest absolute Gasteiger partial charge is 0.246 e. The third-order valence-corrected chi connectivity index (χ3v) is 7.18. The van der Waals surface area contributed by atoms with Crippen LogP contribution in [0.4, 0.5) is 4.39 Å². The van der Waals surface area contributed by atoms with Crippen molar-refractivity contribution in [2.24, 2.45) is 0 Å². The zero-order chi connectivity index (χ0) is 22.6. The van der Waals surface area contributed by atoms with Gasteiger partial charge in [-0.2, -0.15) is 4.31 Å². The molecule has 1 heterocycles. The highest BCUT2D eigenvalue weighted by Crippen LogP contribution is 2.33. The first-order chi connectivity index (χ1) is 14.8. The minimum Gasteiger partial charge on any atom is -0.497 e. The summed E-state index contributed by atoms with van der Waals surface area (Å²) in [6, 6.07) is 7.76. The third-order valence-electron chi connectivity index (χ3n) is 5.27. The van der Waals surface area contributed by atoms with Crippen LogP contribution in [-0.2, 0) is 16.6 Å². The van der Waals surface area contributed by atoms with Crippen LogP contribution in [0.25, 0.3) is 0 Å². The highest BCUT2D eigenvalue weighted by atomic mass is 32.2. The van der Waals surface area contributed by atoms with Crippen LogP contribution in [0.2, 0.25) is 0 Å². The molecule has 1 aliphatic heterocycles. The number of nitrogens with zero attached hydrogens (tertiary/aromatic N) is 2. The molecule has 170 valence electrons. The van der Waals surface area contributed by atoms with Gasteiger partial charge in [0.25, 0.3) is 0 Å². The number of hydrogen-bond acceptors (Lipinski definition) is 7. The Hall–Kier alpha value is -2.56. The van der Waals surface area contributed by atoms with Crippen LogP contribution >= 0.6 is 0 Å². The monoisotopic (exact) mass is 454 g/mol. The van der Waals surface area contributed by atoms with Crippen molar-refractivity contribution >= 4 is 10.0 Å². The summed E-state index contributed by atoms with van der Waals surface area (Å²) in [6.45, 7) is 2.05. The normalized spacial score (nSPS) is 15.5. The highest BCUT2D eigenvalue weighted by Gasteiger charge is 2.32. The number of ether oxygens (including phenoxy) is 4. The van der Waals surface area contributed by atoms with E-state index in [1.54, 1.807) is 14.2 Å².